The van der Waals surface area contributed by atoms with Crippen LogP contribution in [0.4, 0.5) is 0 Å². The molecular formula is C6H20KNSi2+2. The summed E-state index contributed by atoms with van der Waals surface area (Å²) >= 11 is 0. The largest absolute Gasteiger partial charge is 1.00 e. The predicted molar refractivity (Wildman–Crippen MR) is 48.6 cm³/mol. The molecule has 10 heavy (non-hydrogen) atoms. The van der Waals surface area contributed by atoms with Crippen molar-refractivity contribution in [1.29, 1.82) is 0 Å². The van der Waals surface area contributed by atoms with Gasteiger partial charge in [0.15, 0.2) is 0 Å². The van der Waals surface area contributed by atoms with Gasteiger partial charge in [0.25, 0.3) is 16.5 Å². The molecule has 0 saturated heterocycles. The van der Waals surface area contributed by atoms with E-state index in [0.29, 0.717) is 0 Å². The molecule has 2 N–H and O–H groups in total. The fourth-order valence-corrected chi connectivity index (χ4v) is 11.7. The Morgan fingerprint density at radius 3 is 0.900 bits per heavy atom. The van der Waals surface area contributed by atoms with E-state index in [4.69, 9.17) is 0 Å². The molecule has 0 aromatic carbocycles. The van der Waals surface area contributed by atoms with Crippen LogP contribution in [0.15, 0.2) is 0 Å². The molecule has 0 saturated carbocycles. The summed E-state index contributed by atoms with van der Waals surface area (Å²) in [5, 5.41) is 0. The van der Waals surface area contributed by atoms with Gasteiger partial charge in [0.1, 0.15) is 0 Å². The molecule has 0 spiro atoms. The number of hydrogen-bond acceptors (Lipinski definition) is 0. The predicted octanol–water partition coefficient (Wildman–Crippen LogP) is -1.78. The second kappa shape index (κ2) is 4.91. The van der Waals surface area contributed by atoms with E-state index in [1.54, 1.807) is 0 Å². The Balaban J connectivity index is 0. The smallest absolute Gasteiger partial charge is 0.467 e. The molecule has 0 aliphatic rings. The molecule has 0 atom stereocenters. The first-order valence-corrected chi connectivity index (χ1v) is 10.7. The van der Waals surface area contributed by atoms with Crippen molar-refractivity contribution in [2.24, 2.45) is 0 Å². The molecule has 0 bridgehead atoms. The van der Waals surface area contributed by atoms with Gasteiger partial charge in [-0.1, -0.05) is 0 Å². The molecule has 4 heteroatoms. The van der Waals surface area contributed by atoms with Crippen molar-refractivity contribution in [2.75, 3.05) is 0 Å². The van der Waals surface area contributed by atoms with Crippen LogP contribution in [0.5, 0.6) is 0 Å². The molecular weight excluding hydrogens is 181 g/mol. The van der Waals surface area contributed by atoms with Crippen molar-refractivity contribution in [1.82, 2.24) is 0 Å². The van der Waals surface area contributed by atoms with Crippen LogP contribution in [-0.2, 0) is 0 Å². The molecule has 56 valence electrons. The number of hydrogen-bond donors (Lipinski definition) is 1. The van der Waals surface area contributed by atoms with Gasteiger partial charge in [-0.15, -0.1) is 0 Å². The molecule has 0 unspecified atom stereocenters. The first-order valence-electron chi connectivity index (χ1n) is 3.58. The first-order chi connectivity index (χ1) is 3.71. The fraction of sp³-hybridized carbons (Fsp3) is 1.00. The summed E-state index contributed by atoms with van der Waals surface area (Å²) in [6, 6.07) is 0. The van der Waals surface area contributed by atoms with E-state index in [9.17, 15) is 0 Å². The zero-order chi connectivity index (χ0) is 7.71. The SMILES string of the molecule is C[Si](C)(C)[NH2+][Si](C)(C)C.[K+]. The van der Waals surface area contributed by atoms with Crippen LogP contribution in [0.25, 0.3) is 0 Å². The van der Waals surface area contributed by atoms with Crippen molar-refractivity contribution >= 4 is 16.5 Å². The minimum Gasteiger partial charge on any atom is -0.467 e. The number of quaternary nitrogens is 1. The zero-order valence-corrected chi connectivity index (χ0v) is 13.7. The Bertz CT molecular complexity index is 80.9. The van der Waals surface area contributed by atoms with Gasteiger partial charge in [-0.3, -0.25) is 0 Å². The Kier molecular flexibility index (Phi) is 7.15. The summed E-state index contributed by atoms with van der Waals surface area (Å²) in [4.78, 5) is 0. The van der Waals surface area contributed by atoms with E-state index in [1.807, 2.05) is 0 Å². The molecule has 0 aliphatic carbocycles. The fourth-order valence-electron chi connectivity index (χ4n) is 1.30. The van der Waals surface area contributed by atoms with Crippen molar-refractivity contribution in [3.8, 4) is 0 Å². The molecule has 0 fully saturated rings. The third-order valence-electron chi connectivity index (χ3n) is 0.866. The summed E-state index contributed by atoms with van der Waals surface area (Å²) in [6.07, 6.45) is 0. The van der Waals surface area contributed by atoms with E-state index in [1.165, 1.54) is 0 Å². The van der Waals surface area contributed by atoms with Crippen LogP contribution in [0.3, 0.4) is 0 Å². The standard InChI is InChI=1S/C6H20NSi2.K/c1-8(2,3)7-9(4,5)6;/h7H2,1-6H3;/q2*+1. The summed E-state index contributed by atoms with van der Waals surface area (Å²) in [6.45, 7) is 14.4. The summed E-state index contributed by atoms with van der Waals surface area (Å²) in [7, 11) is -1.71. The third kappa shape index (κ3) is 12.7. The van der Waals surface area contributed by atoms with E-state index in [2.05, 4.69) is 43.9 Å². The van der Waals surface area contributed by atoms with Gasteiger partial charge in [0.2, 0.25) is 0 Å². The minimum atomic E-state index is -0.856. The van der Waals surface area contributed by atoms with Crippen LogP contribution >= 0.6 is 0 Å². The Labute approximate surface area is 110 Å². The monoisotopic (exact) mass is 201 g/mol. The van der Waals surface area contributed by atoms with E-state index >= 15 is 0 Å². The maximum absolute atomic E-state index is 2.65. The number of rotatable bonds is 2. The molecule has 0 rings (SSSR count). The van der Waals surface area contributed by atoms with Crippen molar-refractivity contribution < 1.29 is 56.0 Å². The maximum Gasteiger partial charge on any atom is 1.00 e. The summed E-state index contributed by atoms with van der Waals surface area (Å²) in [5.74, 6) is 0. The molecule has 0 aromatic rings. The van der Waals surface area contributed by atoms with Gasteiger partial charge in [-0.25, -0.2) is 0 Å². The second-order valence-corrected chi connectivity index (χ2v) is 15.5. The first kappa shape index (κ1) is 14.5. The van der Waals surface area contributed by atoms with E-state index in [0.717, 1.165) is 0 Å². The third-order valence-corrected chi connectivity index (χ3v) is 7.79. The number of nitrogens with two attached hydrogens (primary N) is 1. The minimum absolute atomic E-state index is 0. The Morgan fingerprint density at radius 2 is 0.900 bits per heavy atom. The second-order valence-electron chi connectivity index (χ2n) is 4.88. The van der Waals surface area contributed by atoms with Gasteiger partial charge in [-0.05, 0) is 39.3 Å². The van der Waals surface area contributed by atoms with Crippen LogP contribution in [-0.4, -0.2) is 16.5 Å². The van der Waals surface area contributed by atoms with Crippen LogP contribution < -0.4 is 56.0 Å². The maximum atomic E-state index is 2.65. The molecule has 0 heterocycles. The van der Waals surface area contributed by atoms with E-state index in [-0.39, 0.29) is 51.4 Å². The average molecular weight is 202 g/mol. The van der Waals surface area contributed by atoms with E-state index < -0.39 is 16.5 Å². The molecule has 0 aliphatic heterocycles. The van der Waals surface area contributed by atoms with Crippen LogP contribution in [0.1, 0.15) is 0 Å². The van der Waals surface area contributed by atoms with Crippen molar-refractivity contribution in [3.63, 3.8) is 0 Å². The van der Waals surface area contributed by atoms with Crippen molar-refractivity contribution in [3.05, 3.63) is 0 Å². The van der Waals surface area contributed by atoms with Gasteiger partial charge in [0.05, 0.1) is 0 Å². The average Bonchev–Trinajstić information content (AvgIpc) is 1.14. The van der Waals surface area contributed by atoms with Gasteiger partial charge < -0.3 is 4.65 Å². The van der Waals surface area contributed by atoms with Crippen LogP contribution in [0.2, 0.25) is 39.3 Å². The molecule has 1 nitrogen and oxygen atoms in total. The van der Waals surface area contributed by atoms with Crippen LogP contribution in [0, 0.1) is 0 Å². The quantitative estimate of drug-likeness (QED) is 0.509. The summed E-state index contributed by atoms with van der Waals surface area (Å²) < 4.78 is 2.65. The molecule has 0 aromatic heterocycles. The van der Waals surface area contributed by atoms with Crippen molar-refractivity contribution in [2.45, 2.75) is 39.3 Å². The zero-order valence-electron chi connectivity index (χ0n) is 8.58. The summed E-state index contributed by atoms with van der Waals surface area (Å²) in [5.41, 5.74) is 0. The topological polar surface area (TPSA) is 16.6 Å². The molecule has 0 radical (unpaired) electrons. The Morgan fingerprint density at radius 1 is 0.700 bits per heavy atom. The van der Waals surface area contributed by atoms with Gasteiger partial charge >= 0.3 is 51.4 Å². The van der Waals surface area contributed by atoms with Gasteiger partial charge in [0, 0.05) is 0 Å². The Hall–Kier alpha value is 2.03. The van der Waals surface area contributed by atoms with Gasteiger partial charge in [-0.2, -0.15) is 0 Å². The normalized spacial score (nSPS) is 12.6. The molecule has 0 amide bonds.